The lowest BCUT2D eigenvalue weighted by Crippen LogP contribution is -2.16. The predicted octanol–water partition coefficient (Wildman–Crippen LogP) is 4.45. The molecule has 0 aliphatic carbocycles. The van der Waals surface area contributed by atoms with Crippen molar-refractivity contribution in [3.63, 3.8) is 0 Å². The monoisotopic (exact) mass is 407 g/mol. The summed E-state index contributed by atoms with van der Waals surface area (Å²) in [4.78, 5) is 0.236. The highest BCUT2D eigenvalue weighted by molar-refractivity contribution is 7.92. The predicted molar refractivity (Wildman–Crippen MR) is 104 cm³/mol. The minimum absolute atomic E-state index is 0.0931. The molecule has 0 bridgehead atoms. The van der Waals surface area contributed by atoms with Crippen LogP contribution in [0.5, 0.6) is 0 Å². The molecule has 2 aromatic carbocycles. The number of hydrogen-bond acceptors (Lipinski definition) is 3. The van der Waals surface area contributed by atoms with Crippen molar-refractivity contribution in [1.82, 2.24) is 9.78 Å². The van der Waals surface area contributed by atoms with Crippen molar-refractivity contribution in [2.24, 2.45) is 0 Å². The summed E-state index contributed by atoms with van der Waals surface area (Å²) in [6.07, 6.45) is 1.56. The minimum atomic E-state index is -3.79. The summed E-state index contributed by atoms with van der Waals surface area (Å²) < 4.78 is 43.4. The Hall–Kier alpha value is -2.38. The van der Waals surface area contributed by atoms with Crippen molar-refractivity contribution in [3.8, 4) is 0 Å². The first-order valence-corrected chi connectivity index (χ1v) is 10.1. The zero-order valence-corrected chi connectivity index (χ0v) is 16.7. The van der Waals surface area contributed by atoms with Crippen LogP contribution < -0.4 is 4.72 Å². The molecule has 1 aromatic heterocycles. The van der Waals surface area contributed by atoms with Gasteiger partial charge in [0.2, 0.25) is 0 Å². The average Bonchev–Trinajstić information content (AvgIpc) is 2.96. The van der Waals surface area contributed by atoms with Crippen LogP contribution in [0.3, 0.4) is 0 Å². The number of hydrogen-bond donors (Lipinski definition) is 1. The van der Waals surface area contributed by atoms with Crippen LogP contribution >= 0.6 is 11.6 Å². The average molecular weight is 408 g/mol. The van der Waals surface area contributed by atoms with Crippen molar-refractivity contribution in [3.05, 3.63) is 75.7 Å². The molecule has 0 aliphatic heterocycles. The van der Waals surface area contributed by atoms with Gasteiger partial charge in [-0.05, 0) is 44.0 Å². The molecule has 0 radical (unpaired) electrons. The Balaban J connectivity index is 1.86. The molecule has 27 heavy (non-hydrogen) atoms. The molecule has 0 saturated heterocycles. The number of sulfonamides is 1. The van der Waals surface area contributed by atoms with E-state index in [0.717, 1.165) is 5.56 Å². The molecule has 0 saturated carbocycles. The Morgan fingerprint density at radius 1 is 1.15 bits per heavy atom. The summed E-state index contributed by atoms with van der Waals surface area (Å²) in [7, 11) is -3.79. The molecule has 0 atom stereocenters. The molecule has 3 rings (SSSR count). The fraction of sp³-hybridized carbons (Fsp3) is 0.211. The van der Waals surface area contributed by atoms with Gasteiger partial charge < -0.3 is 0 Å². The SMILES string of the molecule is Cc1cc(C)c(S(=O)(=O)Nc2ccn(Cc3c(F)cccc3Cl)n2)c(C)c1. The maximum absolute atomic E-state index is 13.9. The Morgan fingerprint density at radius 3 is 2.44 bits per heavy atom. The number of aryl methyl sites for hydroxylation is 3. The van der Waals surface area contributed by atoms with Crippen LogP contribution in [0.15, 0.2) is 47.5 Å². The van der Waals surface area contributed by atoms with E-state index in [0.29, 0.717) is 21.7 Å². The van der Waals surface area contributed by atoms with Crippen LogP contribution in [0.1, 0.15) is 22.3 Å². The molecule has 0 aliphatic rings. The molecule has 5 nitrogen and oxygen atoms in total. The summed E-state index contributed by atoms with van der Waals surface area (Å²) in [5.41, 5.74) is 2.62. The summed E-state index contributed by atoms with van der Waals surface area (Å²) in [6, 6.07) is 9.59. The molecule has 1 N–H and O–H groups in total. The lowest BCUT2D eigenvalue weighted by molar-refractivity contribution is 0.585. The third-order valence-electron chi connectivity index (χ3n) is 4.13. The number of anilines is 1. The maximum Gasteiger partial charge on any atom is 0.263 e. The third-order valence-corrected chi connectivity index (χ3v) is 6.15. The van der Waals surface area contributed by atoms with Crippen molar-refractivity contribution >= 4 is 27.4 Å². The van der Waals surface area contributed by atoms with Crippen LogP contribution in [0, 0.1) is 26.6 Å². The third kappa shape index (κ3) is 4.14. The smallest absolute Gasteiger partial charge is 0.263 e. The second kappa shape index (κ2) is 7.32. The van der Waals surface area contributed by atoms with Gasteiger partial charge in [0.1, 0.15) is 5.82 Å². The van der Waals surface area contributed by atoms with E-state index in [9.17, 15) is 12.8 Å². The van der Waals surface area contributed by atoms with Gasteiger partial charge in [0.25, 0.3) is 10.0 Å². The van der Waals surface area contributed by atoms with E-state index >= 15 is 0 Å². The Labute approximate surface area is 162 Å². The summed E-state index contributed by atoms with van der Waals surface area (Å²) in [5.74, 6) is -0.284. The van der Waals surface area contributed by atoms with Gasteiger partial charge in [-0.1, -0.05) is 35.4 Å². The van der Waals surface area contributed by atoms with E-state index in [-0.39, 0.29) is 17.3 Å². The molecule has 142 valence electrons. The van der Waals surface area contributed by atoms with Gasteiger partial charge in [0.15, 0.2) is 5.82 Å². The Kier molecular flexibility index (Phi) is 5.26. The largest absolute Gasteiger partial charge is 0.266 e. The van der Waals surface area contributed by atoms with Crippen molar-refractivity contribution in [2.45, 2.75) is 32.2 Å². The Bertz CT molecular complexity index is 1070. The molecule has 0 unspecified atom stereocenters. The molecule has 1 heterocycles. The first-order valence-electron chi connectivity index (χ1n) is 8.24. The summed E-state index contributed by atoms with van der Waals surface area (Å²) in [5, 5.41) is 4.47. The lowest BCUT2D eigenvalue weighted by Gasteiger charge is -2.12. The molecular formula is C19H19ClFN3O2S. The van der Waals surface area contributed by atoms with Crippen LogP contribution in [0.4, 0.5) is 10.2 Å². The van der Waals surface area contributed by atoms with E-state index in [1.165, 1.54) is 22.9 Å². The molecule has 0 fully saturated rings. The van der Waals surface area contributed by atoms with Gasteiger partial charge in [-0.2, -0.15) is 5.10 Å². The standard InChI is InChI=1S/C19H19ClFN3O2S/c1-12-9-13(2)19(14(3)10-12)27(25,26)23-18-7-8-24(22-18)11-15-16(20)5-4-6-17(15)21/h4-10H,11H2,1-3H3,(H,22,23). The lowest BCUT2D eigenvalue weighted by atomic mass is 10.1. The van der Waals surface area contributed by atoms with Crippen LogP contribution in [0.25, 0.3) is 0 Å². The fourth-order valence-electron chi connectivity index (χ4n) is 3.13. The Morgan fingerprint density at radius 2 is 1.81 bits per heavy atom. The first kappa shape index (κ1) is 19.4. The fourth-order valence-corrected chi connectivity index (χ4v) is 4.80. The number of benzene rings is 2. The highest BCUT2D eigenvalue weighted by Gasteiger charge is 2.21. The first-order chi connectivity index (χ1) is 12.7. The van der Waals surface area contributed by atoms with E-state index in [4.69, 9.17) is 11.6 Å². The van der Waals surface area contributed by atoms with Crippen molar-refractivity contribution in [1.29, 1.82) is 0 Å². The van der Waals surface area contributed by atoms with E-state index in [2.05, 4.69) is 9.82 Å². The van der Waals surface area contributed by atoms with Crippen LogP contribution in [-0.2, 0) is 16.6 Å². The van der Waals surface area contributed by atoms with Gasteiger partial charge in [0, 0.05) is 22.8 Å². The zero-order valence-electron chi connectivity index (χ0n) is 15.1. The number of nitrogens with one attached hydrogen (secondary N) is 1. The second-order valence-corrected chi connectivity index (χ2v) is 8.46. The summed E-state index contributed by atoms with van der Waals surface area (Å²) in [6.45, 7) is 5.52. The van der Waals surface area contributed by atoms with E-state index in [1.54, 1.807) is 26.1 Å². The number of halogens is 2. The quantitative estimate of drug-likeness (QED) is 0.679. The molecule has 8 heteroatoms. The minimum Gasteiger partial charge on any atom is -0.266 e. The number of nitrogens with zero attached hydrogens (tertiary/aromatic N) is 2. The molecule has 0 amide bonds. The topological polar surface area (TPSA) is 64.0 Å². The van der Waals surface area contributed by atoms with Gasteiger partial charge in [-0.25, -0.2) is 12.8 Å². The van der Waals surface area contributed by atoms with E-state index < -0.39 is 15.8 Å². The van der Waals surface area contributed by atoms with Gasteiger partial charge in [-0.15, -0.1) is 0 Å². The maximum atomic E-state index is 13.9. The highest BCUT2D eigenvalue weighted by Crippen LogP contribution is 2.24. The van der Waals surface area contributed by atoms with Crippen molar-refractivity contribution < 1.29 is 12.8 Å². The van der Waals surface area contributed by atoms with Crippen LogP contribution in [-0.4, -0.2) is 18.2 Å². The molecule has 0 spiro atoms. The van der Waals surface area contributed by atoms with Crippen LogP contribution in [0.2, 0.25) is 5.02 Å². The van der Waals surface area contributed by atoms with Gasteiger partial charge in [0.05, 0.1) is 11.4 Å². The zero-order chi connectivity index (χ0) is 19.8. The van der Waals surface area contributed by atoms with E-state index in [1.807, 2.05) is 19.1 Å². The highest BCUT2D eigenvalue weighted by atomic mass is 35.5. The second-order valence-electron chi connectivity index (χ2n) is 6.43. The molecule has 3 aromatic rings. The van der Waals surface area contributed by atoms with Gasteiger partial charge >= 0.3 is 0 Å². The molecular weight excluding hydrogens is 389 g/mol. The number of aromatic nitrogens is 2. The van der Waals surface area contributed by atoms with Crippen molar-refractivity contribution in [2.75, 3.05) is 4.72 Å². The normalized spacial score (nSPS) is 11.6. The van der Waals surface area contributed by atoms with Gasteiger partial charge in [-0.3, -0.25) is 9.40 Å². The summed E-state index contributed by atoms with van der Waals surface area (Å²) >= 11 is 6.03. The number of rotatable bonds is 5.